The summed E-state index contributed by atoms with van der Waals surface area (Å²) >= 11 is 0. The van der Waals surface area contributed by atoms with Crippen molar-refractivity contribution in [3.05, 3.63) is 35.9 Å². The Morgan fingerprint density at radius 3 is 2.58 bits per heavy atom. The van der Waals surface area contributed by atoms with Gasteiger partial charge in [-0.2, -0.15) is 0 Å². The van der Waals surface area contributed by atoms with E-state index in [0.29, 0.717) is 44.0 Å². The van der Waals surface area contributed by atoms with Crippen LogP contribution in [0.1, 0.15) is 64.9 Å². The molecule has 0 radical (unpaired) electrons. The highest BCUT2D eigenvalue weighted by Gasteiger charge is 2.48. The number of carbonyl (C=O) groups is 2. The van der Waals surface area contributed by atoms with Crippen molar-refractivity contribution in [3.63, 3.8) is 0 Å². The Morgan fingerprint density at radius 1 is 1.19 bits per heavy atom. The van der Waals surface area contributed by atoms with Gasteiger partial charge in [-0.15, -0.1) is 0 Å². The van der Waals surface area contributed by atoms with Crippen LogP contribution in [0.15, 0.2) is 30.4 Å². The van der Waals surface area contributed by atoms with Gasteiger partial charge in [0.1, 0.15) is 0 Å². The van der Waals surface area contributed by atoms with Crippen molar-refractivity contribution in [2.24, 2.45) is 11.3 Å². The molecule has 1 aromatic carbocycles. The van der Waals surface area contributed by atoms with Crippen molar-refractivity contribution in [2.45, 2.75) is 65.3 Å². The summed E-state index contributed by atoms with van der Waals surface area (Å²) in [4.78, 5) is 30.0. The summed E-state index contributed by atoms with van der Waals surface area (Å²) in [6.45, 7) is 10.2. The second-order valence-corrected chi connectivity index (χ2v) is 10.6. The summed E-state index contributed by atoms with van der Waals surface area (Å²) in [6, 6.07) is 5.34. The number of carboxylic acids is 1. The van der Waals surface area contributed by atoms with Gasteiger partial charge in [0.15, 0.2) is 11.5 Å². The topological polar surface area (TPSA) is 99.5 Å². The third kappa shape index (κ3) is 6.79. The number of aliphatic hydroxyl groups is 1. The summed E-state index contributed by atoms with van der Waals surface area (Å²) < 4.78 is 11.0. The van der Waals surface area contributed by atoms with Crippen molar-refractivity contribution in [1.82, 2.24) is 9.80 Å². The molecule has 2 N–H and O–H groups in total. The number of carbonyl (C=O) groups excluding carboxylic acids is 1. The van der Waals surface area contributed by atoms with Crippen molar-refractivity contribution < 1.29 is 29.3 Å². The van der Waals surface area contributed by atoms with E-state index in [9.17, 15) is 19.8 Å². The van der Waals surface area contributed by atoms with Gasteiger partial charge in [-0.25, -0.2) is 0 Å². The lowest BCUT2D eigenvalue weighted by Crippen LogP contribution is -2.46. The average molecular weight is 503 g/mol. The van der Waals surface area contributed by atoms with Gasteiger partial charge in [-0.1, -0.05) is 45.4 Å². The Morgan fingerprint density at radius 2 is 1.92 bits per heavy atom. The van der Waals surface area contributed by atoms with Crippen LogP contribution in [-0.4, -0.2) is 77.5 Å². The number of hydrogen-bond donors (Lipinski definition) is 2. The maximum absolute atomic E-state index is 13.4. The Hall–Kier alpha value is -2.58. The lowest BCUT2D eigenvalue weighted by atomic mass is 9.77. The number of aliphatic carboxylic acids is 1. The highest BCUT2D eigenvalue weighted by molar-refractivity contribution is 5.79. The van der Waals surface area contributed by atoms with Gasteiger partial charge >= 0.3 is 5.97 Å². The highest BCUT2D eigenvalue weighted by Crippen LogP contribution is 2.45. The summed E-state index contributed by atoms with van der Waals surface area (Å²) in [7, 11) is 0. The fraction of sp³-hybridized carbons (Fsp3) is 0.643. The molecule has 8 nitrogen and oxygen atoms in total. The summed E-state index contributed by atoms with van der Waals surface area (Å²) in [5, 5.41) is 19.7. The van der Waals surface area contributed by atoms with Gasteiger partial charge < -0.3 is 24.6 Å². The monoisotopic (exact) mass is 502 g/mol. The number of rotatable bonds is 13. The molecule has 0 bridgehead atoms. The van der Waals surface area contributed by atoms with Crippen molar-refractivity contribution in [1.29, 1.82) is 0 Å². The average Bonchev–Trinajstić information content (AvgIpc) is 3.43. The molecule has 2 aliphatic heterocycles. The maximum atomic E-state index is 13.4. The van der Waals surface area contributed by atoms with E-state index in [-0.39, 0.29) is 43.2 Å². The first-order chi connectivity index (χ1) is 17.2. The molecule has 2 aliphatic rings. The van der Waals surface area contributed by atoms with Crippen molar-refractivity contribution >= 4 is 11.9 Å². The van der Waals surface area contributed by atoms with Gasteiger partial charge in [0.25, 0.3) is 0 Å². The van der Waals surface area contributed by atoms with E-state index in [1.54, 1.807) is 0 Å². The molecular weight excluding hydrogens is 460 g/mol. The molecule has 0 saturated carbocycles. The van der Waals surface area contributed by atoms with Gasteiger partial charge in [0.05, 0.1) is 12.5 Å². The molecule has 2 heterocycles. The van der Waals surface area contributed by atoms with E-state index in [1.807, 2.05) is 36.1 Å². The molecule has 8 heteroatoms. The molecule has 1 amide bonds. The van der Waals surface area contributed by atoms with Crippen LogP contribution >= 0.6 is 0 Å². The summed E-state index contributed by atoms with van der Waals surface area (Å²) in [5.74, 6) is -0.510. The number of benzene rings is 1. The zero-order chi connectivity index (χ0) is 26.3. The van der Waals surface area contributed by atoms with E-state index < -0.39 is 11.9 Å². The molecule has 1 fully saturated rings. The quantitative estimate of drug-likeness (QED) is 0.395. The number of carboxylic acid groups (broad SMARTS) is 1. The standard InChI is InChI=1S/C28H42N2O6/c1-5-7-12-29(13-8-14-31)25(32)18-30-17-21(20-9-10-23-24(15-20)36-19-35-23)26(27(33)34)22(30)16-28(3,4)11-6-2/h6,9-11,15,21-22,26,31H,5,7-8,12-14,16-19H2,1-4H3,(H,33,34)/t21-,22+,26-/m1/s1. The Bertz CT molecular complexity index is 923. The zero-order valence-corrected chi connectivity index (χ0v) is 22.1. The number of aliphatic hydroxyl groups excluding tert-OH is 1. The smallest absolute Gasteiger partial charge is 0.308 e. The number of nitrogens with zero attached hydrogens (tertiary/aromatic N) is 2. The van der Waals surface area contributed by atoms with Gasteiger partial charge in [-0.3, -0.25) is 14.5 Å². The number of likely N-dealkylation sites (tertiary alicyclic amines) is 1. The van der Waals surface area contributed by atoms with E-state index in [0.717, 1.165) is 18.4 Å². The molecule has 0 spiro atoms. The fourth-order valence-corrected chi connectivity index (χ4v) is 5.53. The first-order valence-corrected chi connectivity index (χ1v) is 13.1. The molecule has 1 saturated heterocycles. The van der Waals surface area contributed by atoms with Crippen LogP contribution in [0.2, 0.25) is 0 Å². The van der Waals surface area contributed by atoms with Gasteiger partial charge in [-0.05, 0) is 49.3 Å². The van der Waals surface area contributed by atoms with E-state index in [2.05, 4.69) is 31.7 Å². The molecule has 0 aromatic heterocycles. The van der Waals surface area contributed by atoms with E-state index >= 15 is 0 Å². The molecule has 200 valence electrons. The molecule has 3 atom stereocenters. The first-order valence-electron chi connectivity index (χ1n) is 13.1. The first kappa shape index (κ1) is 28.0. The van der Waals surface area contributed by atoms with Crippen LogP contribution in [0.4, 0.5) is 0 Å². The Kier molecular flexibility index (Phi) is 9.79. The third-order valence-corrected chi connectivity index (χ3v) is 7.27. The third-order valence-electron chi connectivity index (χ3n) is 7.27. The summed E-state index contributed by atoms with van der Waals surface area (Å²) in [6.07, 6.45) is 7.12. The lowest BCUT2D eigenvalue weighted by Gasteiger charge is -2.34. The molecule has 36 heavy (non-hydrogen) atoms. The van der Waals surface area contributed by atoms with Crippen LogP contribution in [0.3, 0.4) is 0 Å². The molecular formula is C28H42N2O6. The van der Waals surface area contributed by atoms with Gasteiger partial charge in [0, 0.05) is 38.2 Å². The SMILES string of the molecule is CC=CC(C)(C)C[C@H]1[C@H](C(=O)O)[C@@H](c2ccc3c(c2)OCO3)CN1CC(=O)N(CCCC)CCCO. The van der Waals surface area contributed by atoms with Crippen LogP contribution < -0.4 is 9.47 Å². The number of amides is 1. The molecule has 3 rings (SSSR count). The molecule has 0 aliphatic carbocycles. The minimum atomic E-state index is -0.850. The minimum Gasteiger partial charge on any atom is -0.481 e. The van der Waals surface area contributed by atoms with Gasteiger partial charge in [0.2, 0.25) is 12.7 Å². The lowest BCUT2D eigenvalue weighted by molar-refractivity contribution is -0.144. The minimum absolute atomic E-state index is 0.0128. The Labute approximate surface area is 214 Å². The highest BCUT2D eigenvalue weighted by atomic mass is 16.7. The van der Waals surface area contributed by atoms with E-state index in [1.165, 1.54) is 0 Å². The second kappa shape index (κ2) is 12.6. The van der Waals surface area contributed by atoms with Crippen LogP contribution in [0.5, 0.6) is 11.5 Å². The van der Waals surface area contributed by atoms with Crippen molar-refractivity contribution in [2.75, 3.05) is 39.6 Å². The number of hydrogen-bond acceptors (Lipinski definition) is 6. The molecule has 0 unspecified atom stereocenters. The van der Waals surface area contributed by atoms with Crippen LogP contribution in [-0.2, 0) is 9.59 Å². The second-order valence-electron chi connectivity index (χ2n) is 10.6. The number of ether oxygens (including phenoxy) is 2. The van der Waals surface area contributed by atoms with E-state index in [4.69, 9.17) is 9.47 Å². The summed E-state index contributed by atoms with van der Waals surface area (Å²) in [5.41, 5.74) is 0.662. The zero-order valence-electron chi connectivity index (χ0n) is 22.1. The fourth-order valence-electron chi connectivity index (χ4n) is 5.53. The molecule has 1 aromatic rings. The number of fused-ring (bicyclic) bond motifs is 1. The predicted molar refractivity (Wildman–Crippen MR) is 138 cm³/mol. The van der Waals surface area contributed by atoms with Crippen LogP contribution in [0.25, 0.3) is 0 Å². The van der Waals surface area contributed by atoms with Crippen LogP contribution in [0, 0.1) is 11.3 Å². The Balaban J connectivity index is 1.91. The largest absolute Gasteiger partial charge is 0.481 e. The van der Waals surface area contributed by atoms with Crippen molar-refractivity contribution in [3.8, 4) is 11.5 Å². The number of unbranched alkanes of at least 4 members (excludes halogenated alkanes) is 1. The maximum Gasteiger partial charge on any atom is 0.308 e. The normalized spacial score (nSPS) is 21.9. The number of allylic oxidation sites excluding steroid dienone is 2. The predicted octanol–water partition coefficient (Wildman–Crippen LogP) is 3.89.